The predicted octanol–water partition coefficient (Wildman–Crippen LogP) is 2.40. The smallest absolute Gasteiger partial charge is 0.181 e. The van der Waals surface area contributed by atoms with E-state index in [1.807, 2.05) is 0 Å². The Bertz CT molecular complexity index is 593. The quantitative estimate of drug-likeness (QED) is 0.939. The molecular weight excluding hydrogens is 268 g/mol. The minimum atomic E-state index is 0.656. The van der Waals surface area contributed by atoms with E-state index < -0.39 is 0 Å². The highest BCUT2D eigenvalue weighted by Crippen LogP contribution is 2.26. The Morgan fingerprint density at radius 1 is 1.45 bits per heavy atom. The highest BCUT2D eigenvalue weighted by Gasteiger charge is 2.24. The molecular formula is C15H22N4S. The van der Waals surface area contributed by atoms with Gasteiger partial charge >= 0.3 is 0 Å². The van der Waals surface area contributed by atoms with Crippen LogP contribution in [0.4, 0.5) is 5.13 Å². The van der Waals surface area contributed by atoms with Gasteiger partial charge in [0.2, 0.25) is 0 Å². The maximum absolute atomic E-state index is 5.77. The molecule has 0 aliphatic carbocycles. The van der Waals surface area contributed by atoms with Crippen LogP contribution in [-0.2, 0) is 6.54 Å². The molecule has 1 aromatic carbocycles. The van der Waals surface area contributed by atoms with Gasteiger partial charge in [0.05, 0.1) is 10.2 Å². The Morgan fingerprint density at radius 3 is 3.10 bits per heavy atom. The molecule has 1 aromatic heterocycles. The van der Waals surface area contributed by atoms with E-state index in [-0.39, 0.29) is 0 Å². The number of benzene rings is 1. The van der Waals surface area contributed by atoms with Crippen LogP contribution in [0.25, 0.3) is 10.2 Å². The molecule has 1 fully saturated rings. The number of likely N-dealkylation sites (N-methyl/N-ethyl adjacent to an activating group) is 1. The van der Waals surface area contributed by atoms with E-state index in [0.717, 1.165) is 18.6 Å². The fraction of sp³-hybridized carbons (Fsp3) is 0.533. The van der Waals surface area contributed by atoms with Crippen molar-refractivity contribution in [3.05, 3.63) is 23.8 Å². The molecule has 0 bridgehead atoms. The first kappa shape index (κ1) is 13.8. The Balaban J connectivity index is 1.74. The summed E-state index contributed by atoms with van der Waals surface area (Å²) in [5, 5.41) is 0.656. The molecule has 0 amide bonds. The van der Waals surface area contributed by atoms with E-state index >= 15 is 0 Å². The van der Waals surface area contributed by atoms with Gasteiger partial charge in [-0.15, -0.1) is 0 Å². The molecule has 1 aliphatic rings. The predicted molar refractivity (Wildman–Crippen MR) is 86.0 cm³/mol. The first-order valence-electron chi connectivity index (χ1n) is 7.15. The number of rotatable bonds is 4. The summed E-state index contributed by atoms with van der Waals surface area (Å²) in [6.45, 7) is 3.39. The van der Waals surface area contributed by atoms with Gasteiger partial charge in [-0.05, 0) is 51.2 Å². The van der Waals surface area contributed by atoms with Crippen molar-refractivity contribution in [3.63, 3.8) is 0 Å². The second kappa shape index (κ2) is 5.68. The number of likely N-dealkylation sites (tertiary alicyclic amines) is 1. The molecule has 0 spiro atoms. The number of nitrogens with two attached hydrogens (primary N) is 1. The number of thiazole rings is 1. The maximum atomic E-state index is 5.77. The van der Waals surface area contributed by atoms with Crippen LogP contribution in [0.2, 0.25) is 0 Å². The Morgan fingerprint density at radius 2 is 2.30 bits per heavy atom. The van der Waals surface area contributed by atoms with Crippen LogP contribution < -0.4 is 5.73 Å². The molecule has 2 heterocycles. The molecule has 20 heavy (non-hydrogen) atoms. The summed E-state index contributed by atoms with van der Waals surface area (Å²) in [6, 6.07) is 7.21. The van der Waals surface area contributed by atoms with Crippen LogP contribution in [0.15, 0.2) is 18.2 Å². The normalized spacial score (nSPS) is 20.2. The molecule has 4 nitrogen and oxygen atoms in total. The van der Waals surface area contributed by atoms with Crippen LogP contribution in [0.1, 0.15) is 18.4 Å². The van der Waals surface area contributed by atoms with Crippen LogP contribution in [0, 0.1) is 0 Å². The third-order valence-electron chi connectivity index (χ3n) is 3.93. The molecule has 5 heteroatoms. The highest BCUT2D eigenvalue weighted by molar-refractivity contribution is 7.22. The lowest BCUT2D eigenvalue weighted by Gasteiger charge is -2.27. The van der Waals surface area contributed by atoms with Crippen LogP contribution >= 0.6 is 11.3 Å². The second-order valence-electron chi connectivity index (χ2n) is 5.88. The first-order chi connectivity index (χ1) is 9.61. The van der Waals surface area contributed by atoms with Gasteiger partial charge in [-0.3, -0.25) is 4.90 Å². The average molecular weight is 290 g/mol. The van der Waals surface area contributed by atoms with Crippen LogP contribution in [0.3, 0.4) is 0 Å². The fourth-order valence-electron chi connectivity index (χ4n) is 3.05. The molecule has 2 aromatic rings. The van der Waals surface area contributed by atoms with Gasteiger partial charge in [0.25, 0.3) is 0 Å². The molecule has 108 valence electrons. The standard InChI is InChI=1S/C15H22N4S/c1-18(2)10-12-4-3-7-19(12)9-11-5-6-13-14(8-11)20-15(16)17-13/h5-6,8,12H,3-4,7,9-10H2,1-2H3,(H2,16,17). The molecule has 1 saturated heterocycles. The summed E-state index contributed by atoms with van der Waals surface area (Å²) in [5.74, 6) is 0. The van der Waals surface area contributed by atoms with E-state index in [9.17, 15) is 0 Å². The SMILES string of the molecule is CN(C)CC1CCCN1Cc1ccc2nc(N)sc2c1. The van der Waals surface area contributed by atoms with E-state index in [1.54, 1.807) is 11.3 Å². The van der Waals surface area contributed by atoms with E-state index in [1.165, 1.54) is 29.6 Å². The zero-order valence-corrected chi connectivity index (χ0v) is 13.0. The van der Waals surface area contributed by atoms with Crippen LogP contribution in [0.5, 0.6) is 0 Å². The maximum Gasteiger partial charge on any atom is 0.181 e. The monoisotopic (exact) mass is 290 g/mol. The average Bonchev–Trinajstić information content (AvgIpc) is 2.94. The molecule has 0 radical (unpaired) electrons. The van der Waals surface area contributed by atoms with Gasteiger partial charge in [-0.2, -0.15) is 0 Å². The number of nitrogens with zero attached hydrogens (tertiary/aromatic N) is 3. The van der Waals surface area contributed by atoms with E-state index in [2.05, 4.69) is 47.1 Å². The number of nitrogen functional groups attached to an aromatic ring is 1. The zero-order chi connectivity index (χ0) is 14.1. The Labute approximate surface area is 124 Å². The summed E-state index contributed by atoms with van der Waals surface area (Å²) >= 11 is 1.58. The largest absolute Gasteiger partial charge is 0.375 e. The molecule has 0 saturated carbocycles. The molecule has 1 aliphatic heterocycles. The van der Waals surface area contributed by atoms with Gasteiger partial charge in [0, 0.05) is 19.1 Å². The van der Waals surface area contributed by atoms with Crippen LogP contribution in [-0.4, -0.2) is 48.0 Å². The Hall–Kier alpha value is -1.17. The third-order valence-corrected chi connectivity index (χ3v) is 4.78. The topological polar surface area (TPSA) is 45.4 Å². The van der Waals surface area contributed by atoms with Crippen molar-refractivity contribution >= 4 is 26.7 Å². The van der Waals surface area contributed by atoms with Gasteiger partial charge in [0.1, 0.15) is 0 Å². The minimum absolute atomic E-state index is 0.656. The van der Waals surface area contributed by atoms with Crippen molar-refractivity contribution in [2.45, 2.75) is 25.4 Å². The van der Waals surface area contributed by atoms with Crippen molar-refractivity contribution in [2.75, 3.05) is 32.9 Å². The molecule has 2 N–H and O–H groups in total. The zero-order valence-electron chi connectivity index (χ0n) is 12.2. The lowest BCUT2D eigenvalue weighted by Crippen LogP contribution is -2.37. The number of fused-ring (bicyclic) bond motifs is 1. The second-order valence-corrected chi connectivity index (χ2v) is 6.95. The van der Waals surface area contributed by atoms with Crippen molar-refractivity contribution in [1.82, 2.24) is 14.8 Å². The van der Waals surface area contributed by atoms with Crippen molar-refractivity contribution in [2.24, 2.45) is 0 Å². The van der Waals surface area contributed by atoms with Gasteiger partial charge in [-0.25, -0.2) is 4.98 Å². The van der Waals surface area contributed by atoms with Gasteiger partial charge < -0.3 is 10.6 Å². The number of aromatic nitrogens is 1. The van der Waals surface area contributed by atoms with Crippen molar-refractivity contribution in [3.8, 4) is 0 Å². The first-order valence-corrected chi connectivity index (χ1v) is 7.97. The van der Waals surface area contributed by atoms with E-state index in [0.29, 0.717) is 11.2 Å². The summed E-state index contributed by atoms with van der Waals surface area (Å²) in [4.78, 5) is 9.21. The summed E-state index contributed by atoms with van der Waals surface area (Å²) in [6.07, 6.45) is 2.63. The molecule has 1 unspecified atom stereocenters. The fourth-order valence-corrected chi connectivity index (χ4v) is 3.85. The summed E-state index contributed by atoms with van der Waals surface area (Å²) in [5.41, 5.74) is 8.16. The van der Waals surface area contributed by atoms with Gasteiger partial charge in [-0.1, -0.05) is 17.4 Å². The molecule has 1 atom stereocenters. The number of anilines is 1. The number of hydrogen-bond acceptors (Lipinski definition) is 5. The van der Waals surface area contributed by atoms with Crippen molar-refractivity contribution in [1.29, 1.82) is 0 Å². The van der Waals surface area contributed by atoms with Gasteiger partial charge in [0.15, 0.2) is 5.13 Å². The Kier molecular flexibility index (Phi) is 3.92. The van der Waals surface area contributed by atoms with Crippen molar-refractivity contribution < 1.29 is 0 Å². The third kappa shape index (κ3) is 2.95. The highest BCUT2D eigenvalue weighted by atomic mass is 32.1. The lowest BCUT2D eigenvalue weighted by atomic mass is 10.1. The summed E-state index contributed by atoms with van der Waals surface area (Å²) in [7, 11) is 4.31. The minimum Gasteiger partial charge on any atom is -0.375 e. The lowest BCUT2D eigenvalue weighted by molar-refractivity contribution is 0.201. The molecule has 3 rings (SSSR count). The summed E-state index contributed by atoms with van der Waals surface area (Å²) < 4.78 is 1.20. The van der Waals surface area contributed by atoms with E-state index in [4.69, 9.17) is 5.73 Å². The number of hydrogen-bond donors (Lipinski definition) is 1.